The van der Waals surface area contributed by atoms with Crippen LogP contribution in [0.3, 0.4) is 0 Å². The third kappa shape index (κ3) is 3.21. The number of nitrogens with one attached hydrogen (secondary N) is 2. The predicted octanol–water partition coefficient (Wildman–Crippen LogP) is 3.03. The van der Waals surface area contributed by atoms with E-state index in [1.54, 1.807) is 0 Å². The molecule has 1 aromatic rings. The Bertz CT molecular complexity index is 699. The zero-order valence-electron chi connectivity index (χ0n) is 14.7. The third-order valence-corrected chi connectivity index (χ3v) is 6.39. The summed E-state index contributed by atoms with van der Waals surface area (Å²) >= 11 is 0. The van der Waals surface area contributed by atoms with E-state index in [-0.39, 0.29) is 23.4 Å². The van der Waals surface area contributed by atoms with Crippen LogP contribution in [0.2, 0.25) is 0 Å². The Morgan fingerprint density at radius 2 is 1.54 bits per heavy atom. The van der Waals surface area contributed by atoms with E-state index in [0.717, 1.165) is 31.4 Å². The summed E-state index contributed by atoms with van der Waals surface area (Å²) in [5.74, 6) is 0.00168. The van der Waals surface area contributed by atoms with Gasteiger partial charge in [-0.25, -0.2) is 8.78 Å². The molecule has 4 nitrogen and oxygen atoms in total. The zero-order valence-corrected chi connectivity index (χ0v) is 14.7. The topological polar surface area (TPSA) is 58.2 Å². The number of carbonyl (C=O) groups excluding carboxylic acids is 2. The SMILES string of the molecule is O=C(NCCNC(=O)C12CC3CC(CC(C3)C1)C2)c1ccc(F)cc1F. The van der Waals surface area contributed by atoms with Gasteiger partial charge >= 0.3 is 0 Å². The molecular formula is C20H24F2N2O2. The number of hydrogen-bond acceptors (Lipinski definition) is 2. The van der Waals surface area contributed by atoms with Gasteiger partial charge in [-0.05, 0) is 68.4 Å². The number of carbonyl (C=O) groups is 2. The first-order valence-corrected chi connectivity index (χ1v) is 9.47. The van der Waals surface area contributed by atoms with Crippen LogP contribution >= 0.6 is 0 Å². The highest BCUT2D eigenvalue weighted by atomic mass is 19.1. The molecule has 4 aliphatic rings. The Hall–Kier alpha value is -1.98. The molecule has 0 saturated heterocycles. The van der Waals surface area contributed by atoms with Crippen LogP contribution in [0.25, 0.3) is 0 Å². The van der Waals surface area contributed by atoms with Crippen LogP contribution in [0.5, 0.6) is 0 Å². The minimum Gasteiger partial charge on any atom is -0.354 e. The maximum Gasteiger partial charge on any atom is 0.254 e. The van der Waals surface area contributed by atoms with E-state index in [2.05, 4.69) is 10.6 Å². The summed E-state index contributed by atoms with van der Waals surface area (Å²) < 4.78 is 26.5. The summed E-state index contributed by atoms with van der Waals surface area (Å²) in [4.78, 5) is 24.7. The van der Waals surface area contributed by atoms with Gasteiger partial charge in [0.2, 0.25) is 5.91 Å². The van der Waals surface area contributed by atoms with E-state index >= 15 is 0 Å². The lowest BCUT2D eigenvalue weighted by Crippen LogP contribution is -2.54. The van der Waals surface area contributed by atoms with Crippen molar-refractivity contribution < 1.29 is 18.4 Å². The smallest absolute Gasteiger partial charge is 0.254 e. The number of hydrogen-bond donors (Lipinski definition) is 2. The molecule has 0 spiro atoms. The third-order valence-electron chi connectivity index (χ3n) is 6.39. The summed E-state index contributed by atoms with van der Waals surface area (Å²) in [7, 11) is 0. The second-order valence-electron chi connectivity index (χ2n) is 8.33. The molecule has 4 saturated carbocycles. The number of rotatable bonds is 5. The number of amides is 2. The summed E-state index contributed by atoms with van der Waals surface area (Å²) in [6.45, 7) is 0.531. The molecule has 0 radical (unpaired) electrons. The lowest BCUT2D eigenvalue weighted by atomic mass is 9.49. The molecule has 0 unspecified atom stereocenters. The van der Waals surface area contributed by atoms with Gasteiger partial charge in [0.15, 0.2) is 0 Å². The first-order chi connectivity index (χ1) is 12.4. The van der Waals surface area contributed by atoms with Crippen LogP contribution in [0.1, 0.15) is 48.9 Å². The average molecular weight is 362 g/mol. The Labute approximate surface area is 151 Å². The molecule has 2 N–H and O–H groups in total. The van der Waals surface area contributed by atoms with Crippen LogP contribution in [0.4, 0.5) is 8.78 Å². The molecule has 26 heavy (non-hydrogen) atoms. The highest BCUT2D eigenvalue weighted by Gasteiger charge is 2.54. The fraction of sp³-hybridized carbons (Fsp3) is 0.600. The van der Waals surface area contributed by atoms with Crippen LogP contribution in [0.15, 0.2) is 18.2 Å². The summed E-state index contributed by atoms with van der Waals surface area (Å²) in [5, 5.41) is 5.54. The van der Waals surface area contributed by atoms with Gasteiger partial charge in [-0.3, -0.25) is 9.59 Å². The van der Waals surface area contributed by atoms with Gasteiger partial charge in [-0.2, -0.15) is 0 Å². The Morgan fingerprint density at radius 3 is 2.12 bits per heavy atom. The van der Waals surface area contributed by atoms with Crippen molar-refractivity contribution in [3.8, 4) is 0 Å². The lowest BCUT2D eigenvalue weighted by molar-refractivity contribution is -0.146. The van der Waals surface area contributed by atoms with Crippen molar-refractivity contribution in [3.05, 3.63) is 35.4 Å². The van der Waals surface area contributed by atoms with Crippen molar-refractivity contribution in [3.63, 3.8) is 0 Å². The second kappa shape index (κ2) is 6.63. The largest absolute Gasteiger partial charge is 0.354 e. The van der Waals surface area contributed by atoms with Crippen molar-refractivity contribution in [1.82, 2.24) is 10.6 Å². The van der Waals surface area contributed by atoms with E-state index < -0.39 is 17.5 Å². The molecule has 0 heterocycles. The van der Waals surface area contributed by atoms with Gasteiger partial charge < -0.3 is 10.6 Å². The molecule has 5 rings (SSSR count). The van der Waals surface area contributed by atoms with Gasteiger partial charge in [-0.15, -0.1) is 0 Å². The Kier molecular flexibility index (Phi) is 4.45. The fourth-order valence-corrected chi connectivity index (χ4v) is 5.70. The van der Waals surface area contributed by atoms with Crippen molar-refractivity contribution in [1.29, 1.82) is 0 Å². The molecule has 0 aromatic heterocycles. The van der Waals surface area contributed by atoms with Gasteiger partial charge in [-0.1, -0.05) is 0 Å². The average Bonchev–Trinajstić information content (AvgIpc) is 2.57. The zero-order chi connectivity index (χ0) is 18.3. The van der Waals surface area contributed by atoms with E-state index in [1.165, 1.54) is 19.3 Å². The molecule has 2 amide bonds. The van der Waals surface area contributed by atoms with Gasteiger partial charge in [0, 0.05) is 24.6 Å². The molecule has 1 aromatic carbocycles. The Balaban J connectivity index is 1.27. The Morgan fingerprint density at radius 1 is 0.962 bits per heavy atom. The van der Waals surface area contributed by atoms with E-state index in [9.17, 15) is 18.4 Å². The van der Waals surface area contributed by atoms with Crippen molar-refractivity contribution in [2.24, 2.45) is 23.2 Å². The van der Waals surface area contributed by atoms with E-state index in [1.807, 2.05) is 0 Å². The molecule has 140 valence electrons. The lowest BCUT2D eigenvalue weighted by Gasteiger charge is -2.55. The normalized spacial score (nSPS) is 31.7. The molecular weight excluding hydrogens is 338 g/mol. The number of halogens is 2. The van der Waals surface area contributed by atoms with Gasteiger partial charge in [0.1, 0.15) is 11.6 Å². The molecule has 4 aliphatic carbocycles. The molecule has 4 bridgehead atoms. The molecule has 4 fully saturated rings. The van der Waals surface area contributed by atoms with Crippen LogP contribution in [-0.2, 0) is 4.79 Å². The van der Waals surface area contributed by atoms with E-state index in [0.29, 0.717) is 30.4 Å². The van der Waals surface area contributed by atoms with Gasteiger partial charge in [0.05, 0.1) is 5.56 Å². The maximum atomic E-state index is 13.6. The highest BCUT2D eigenvalue weighted by molar-refractivity contribution is 5.94. The number of benzene rings is 1. The van der Waals surface area contributed by atoms with Crippen LogP contribution in [0, 0.1) is 34.8 Å². The van der Waals surface area contributed by atoms with E-state index in [4.69, 9.17) is 0 Å². The highest BCUT2D eigenvalue weighted by Crippen LogP contribution is 2.60. The quantitative estimate of drug-likeness (QED) is 0.791. The van der Waals surface area contributed by atoms with Crippen LogP contribution < -0.4 is 10.6 Å². The van der Waals surface area contributed by atoms with Crippen molar-refractivity contribution >= 4 is 11.8 Å². The molecule has 0 atom stereocenters. The van der Waals surface area contributed by atoms with Crippen LogP contribution in [-0.4, -0.2) is 24.9 Å². The predicted molar refractivity (Wildman–Crippen MR) is 92.3 cm³/mol. The summed E-state index contributed by atoms with van der Waals surface area (Å²) in [6.07, 6.45) is 6.84. The monoisotopic (exact) mass is 362 g/mol. The first kappa shape index (κ1) is 17.4. The van der Waals surface area contributed by atoms with Crippen molar-refractivity contribution in [2.45, 2.75) is 38.5 Å². The first-order valence-electron chi connectivity index (χ1n) is 9.47. The minimum absolute atomic E-state index is 0.110. The fourth-order valence-electron chi connectivity index (χ4n) is 5.70. The molecule has 6 heteroatoms. The molecule has 0 aliphatic heterocycles. The maximum absolute atomic E-state index is 13.6. The second-order valence-corrected chi connectivity index (χ2v) is 8.33. The summed E-state index contributed by atoms with van der Waals surface area (Å²) in [5.41, 5.74) is -0.402. The minimum atomic E-state index is -0.889. The van der Waals surface area contributed by atoms with Crippen molar-refractivity contribution in [2.75, 3.05) is 13.1 Å². The standard InChI is InChI=1S/C20H24F2N2O2/c21-15-1-2-16(17(22)8-15)18(25)23-3-4-24-19(26)20-9-12-5-13(10-20)7-14(6-12)11-20/h1-2,8,12-14H,3-7,9-11H2,(H,23,25)(H,24,26). The van der Waals surface area contributed by atoms with Gasteiger partial charge in [0.25, 0.3) is 5.91 Å². The summed E-state index contributed by atoms with van der Waals surface area (Å²) in [6, 6.07) is 2.85.